The fraction of sp³-hybridized carbons (Fsp3) is 0.185. The molecule has 1 fully saturated rings. The van der Waals surface area contributed by atoms with Gasteiger partial charge in [0.25, 0.3) is 15.9 Å². The first kappa shape index (κ1) is 22.1. The molecule has 6 nitrogen and oxygen atoms in total. The van der Waals surface area contributed by atoms with E-state index in [0.717, 1.165) is 26.6 Å². The number of carbonyl (C=O) groups excluding carboxylic acids is 2. The third kappa shape index (κ3) is 3.19. The van der Waals surface area contributed by atoms with Crippen LogP contribution in [-0.2, 0) is 30.8 Å². The molecule has 0 aromatic heterocycles. The second-order valence-corrected chi connectivity index (χ2v) is 10.5. The van der Waals surface area contributed by atoms with Crippen molar-refractivity contribution >= 4 is 27.5 Å². The second kappa shape index (κ2) is 7.95. The quantitative estimate of drug-likeness (QED) is 0.539. The van der Waals surface area contributed by atoms with Crippen LogP contribution in [0.4, 0.5) is 0 Å². The summed E-state index contributed by atoms with van der Waals surface area (Å²) in [6.45, 7) is 1.54. The topological polar surface area (TPSA) is 80.8 Å². The van der Waals surface area contributed by atoms with Crippen molar-refractivity contribution in [3.63, 3.8) is 0 Å². The Morgan fingerprint density at radius 1 is 0.941 bits per heavy atom. The van der Waals surface area contributed by atoms with Crippen molar-refractivity contribution in [1.82, 2.24) is 4.31 Å². The molecule has 0 saturated carbocycles. The summed E-state index contributed by atoms with van der Waals surface area (Å²) in [7, 11) is -2.93. The minimum atomic E-state index is -4.19. The average molecular weight is 474 g/mol. The van der Waals surface area contributed by atoms with Gasteiger partial charge in [-0.15, -0.1) is 0 Å². The highest BCUT2D eigenvalue weighted by molar-refractivity contribution is 7.89. The van der Waals surface area contributed by atoms with E-state index in [2.05, 4.69) is 0 Å². The molecule has 1 saturated heterocycles. The first-order valence-corrected chi connectivity index (χ1v) is 12.3. The Morgan fingerprint density at radius 2 is 1.59 bits per heavy atom. The Kier molecular flexibility index (Phi) is 5.17. The maximum absolute atomic E-state index is 13.9. The molecule has 1 aliphatic heterocycles. The summed E-state index contributed by atoms with van der Waals surface area (Å²) >= 11 is 0. The molecule has 5 rings (SSSR count). The maximum Gasteiger partial charge on any atom is 0.318 e. The van der Waals surface area contributed by atoms with Crippen LogP contribution in [0.1, 0.15) is 22.3 Å². The number of methoxy groups -OCH3 is 1. The largest absolute Gasteiger partial charge is 0.468 e. The van der Waals surface area contributed by atoms with Crippen molar-refractivity contribution in [2.45, 2.75) is 18.2 Å². The lowest BCUT2D eigenvalue weighted by atomic mass is 9.68. The predicted molar refractivity (Wildman–Crippen MR) is 127 cm³/mol. The number of carbonyl (C=O) groups is 2. The number of hydrogen-bond acceptors (Lipinski definition) is 5. The third-order valence-corrected chi connectivity index (χ3v) is 8.35. The minimum Gasteiger partial charge on any atom is -0.468 e. The first-order chi connectivity index (χ1) is 16.3. The number of fused-ring (bicyclic) bond motifs is 2. The Labute approximate surface area is 198 Å². The Bertz CT molecular complexity index is 1440. The number of amides is 1. The minimum absolute atomic E-state index is 0.00416. The number of rotatable bonds is 4. The van der Waals surface area contributed by atoms with Crippen LogP contribution >= 0.6 is 0 Å². The third-order valence-electron chi connectivity index (χ3n) is 6.61. The van der Waals surface area contributed by atoms with Gasteiger partial charge in [-0.25, -0.2) is 12.7 Å². The average Bonchev–Trinajstić information content (AvgIpc) is 3.16. The van der Waals surface area contributed by atoms with Crippen LogP contribution in [0, 0.1) is 12.3 Å². The van der Waals surface area contributed by atoms with E-state index in [1.807, 2.05) is 61.5 Å². The molecular weight excluding hydrogens is 450 g/mol. The van der Waals surface area contributed by atoms with Crippen LogP contribution in [0.15, 0.2) is 89.3 Å². The SMILES string of the molecule is COC(=O)[C@@]12Cc3ccccc3C(c3ccccc3)=C1C(=O)N(S(=O)(=O)c1ccc(C)cc1)C2. The number of nitrogens with zero attached hydrogens (tertiary/aromatic N) is 1. The number of hydrogen-bond donors (Lipinski definition) is 0. The summed E-state index contributed by atoms with van der Waals surface area (Å²) in [6, 6.07) is 23.1. The van der Waals surface area contributed by atoms with Gasteiger partial charge in [-0.05, 0) is 47.7 Å². The lowest BCUT2D eigenvalue weighted by Gasteiger charge is -2.33. The zero-order chi connectivity index (χ0) is 24.1. The van der Waals surface area contributed by atoms with Crippen molar-refractivity contribution in [3.8, 4) is 0 Å². The van der Waals surface area contributed by atoms with Crippen molar-refractivity contribution in [2.24, 2.45) is 5.41 Å². The summed E-state index contributed by atoms with van der Waals surface area (Å²) in [5.74, 6) is -1.32. The molecule has 0 spiro atoms. The van der Waals surface area contributed by atoms with Gasteiger partial charge in [0.1, 0.15) is 5.41 Å². The van der Waals surface area contributed by atoms with Crippen molar-refractivity contribution in [1.29, 1.82) is 0 Å². The fourth-order valence-electron chi connectivity index (χ4n) is 4.96. The number of benzene rings is 3. The molecule has 3 aromatic rings. The summed E-state index contributed by atoms with van der Waals surface area (Å²) < 4.78 is 33.2. The molecule has 2 aliphatic rings. The molecule has 1 amide bonds. The Balaban J connectivity index is 1.79. The molecule has 172 valence electrons. The molecule has 3 aromatic carbocycles. The number of sulfonamides is 1. The van der Waals surface area contributed by atoms with Crippen molar-refractivity contribution in [2.75, 3.05) is 13.7 Å². The molecule has 7 heteroatoms. The van der Waals surface area contributed by atoms with E-state index in [4.69, 9.17) is 4.74 Å². The summed E-state index contributed by atoms with van der Waals surface area (Å²) in [4.78, 5) is 27.3. The summed E-state index contributed by atoms with van der Waals surface area (Å²) in [6.07, 6.45) is 0.174. The standard InChI is InChI=1S/C27H23NO5S/c1-18-12-14-21(15-13-18)34(31,32)28-17-27(26(30)33-2)16-20-10-6-7-11-22(20)23(24(27)25(28)29)19-8-4-3-5-9-19/h3-15H,16-17H2,1-2H3/t27-/m1/s1. The molecule has 1 aliphatic carbocycles. The molecule has 0 radical (unpaired) electrons. The van der Waals surface area contributed by atoms with Crippen molar-refractivity contribution in [3.05, 3.63) is 107 Å². The van der Waals surface area contributed by atoms with E-state index >= 15 is 0 Å². The van der Waals surface area contributed by atoms with E-state index in [9.17, 15) is 18.0 Å². The smallest absolute Gasteiger partial charge is 0.318 e. The van der Waals surface area contributed by atoms with Gasteiger partial charge in [0.15, 0.2) is 0 Å². The monoisotopic (exact) mass is 473 g/mol. The predicted octanol–water partition coefficient (Wildman–Crippen LogP) is 3.74. The van der Waals surface area contributed by atoms with Crippen LogP contribution in [0.2, 0.25) is 0 Å². The molecule has 0 bridgehead atoms. The van der Waals surface area contributed by atoms with Crippen LogP contribution in [0.5, 0.6) is 0 Å². The molecule has 0 N–H and O–H groups in total. The van der Waals surface area contributed by atoms with E-state index < -0.39 is 27.3 Å². The zero-order valence-electron chi connectivity index (χ0n) is 18.8. The van der Waals surface area contributed by atoms with E-state index in [-0.39, 0.29) is 23.4 Å². The van der Waals surface area contributed by atoms with Crippen LogP contribution in [-0.4, -0.2) is 38.3 Å². The van der Waals surface area contributed by atoms with Gasteiger partial charge in [0, 0.05) is 5.57 Å². The summed E-state index contributed by atoms with van der Waals surface area (Å²) in [5.41, 5.74) is 2.60. The molecule has 1 atom stereocenters. The highest BCUT2D eigenvalue weighted by atomic mass is 32.2. The van der Waals surface area contributed by atoms with Crippen LogP contribution in [0.25, 0.3) is 5.57 Å². The Morgan fingerprint density at radius 3 is 2.26 bits per heavy atom. The van der Waals surface area contributed by atoms with Gasteiger partial charge in [0.05, 0.1) is 18.6 Å². The molecule has 34 heavy (non-hydrogen) atoms. The van der Waals surface area contributed by atoms with E-state index in [0.29, 0.717) is 5.57 Å². The zero-order valence-corrected chi connectivity index (χ0v) is 19.6. The molecule has 1 heterocycles. The van der Waals surface area contributed by atoms with E-state index in [1.165, 1.54) is 19.2 Å². The number of ether oxygens (including phenoxy) is 1. The lowest BCUT2D eigenvalue weighted by Crippen LogP contribution is -2.41. The second-order valence-electron chi connectivity index (χ2n) is 8.65. The van der Waals surface area contributed by atoms with Crippen molar-refractivity contribution < 1.29 is 22.7 Å². The van der Waals surface area contributed by atoms with Gasteiger partial charge >= 0.3 is 5.97 Å². The highest BCUT2D eigenvalue weighted by Gasteiger charge is 2.60. The first-order valence-electron chi connectivity index (χ1n) is 10.9. The highest BCUT2D eigenvalue weighted by Crippen LogP contribution is 2.51. The van der Waals surface area contributed by atoms with Crippen LogP contribution in [0.3, 0.4) is 0 Å². The van der Waals surface area contributed by atoms with Crippen LogP contribution < -0.4 is 0 Å². The number of esters is 1. The lowest BCUT2D eigenvalue weighted by molar-refractivity contribution is -0.149. The normalized spacial score (nSPS) is 19.6. The number of aryl methyl sites for hydroxylation is 1. The molecular formula is C27H23NO5S. The van der Waals surface area contributed by atoms with Gasteiger partial charge in [-0.1, -0.05) is 72.3 Å². The van der Waals surface area contributed by atoms with Gasteiger partial charge in [-0.3, -0.25) is 9.59 Å². The van der Waals surface area contributed by atoms with E-state index in [1.54, 1.807) is 12.1 Å². The Hall–Kier alpha value is -3.71. The molecule has 0 unspecified atom stereocenters. The summed E-state index contributed by atoms with van der Waals surface area (Å²) in [5, 5.41) is 0. The van der Waals surface area contributed by atoms with Gasteiger partial charge < -0.3 is 4.74 Å². The van der Waals surface area contributed by atoms with Gasteiger partial charge in [-0.2, -0.15) is 0 Å². The maximum atomic E-state index is 13.9. The fourth-order valence-corrected chi connectivity index (χ4v) is 6.40. The van der Waals surface area contributed by atoms with Gasteiger partial charge in [0.2, 0.25) is 0 Å².